The minimum Gasteiger partial charge on any atom is -0.491 e. The number of hydrogen-bond acceptors (Lipinski definition) is 3. The topological polar surface area (TPSA) is 44.5 Å². The van der Waals surface area contributed by atoms with Crippen LogP contribution in [0.15, 0.2) is 18.2 Å². The molecule has 0 aliphatic rings. The molecule has 11 heavy (non-hydrogen) atoms. The summed E-state index contributed by atoms with van der Waals surface area (Å²) in [5.74, 6) is 5.84. The van der Waals surface area contributed by atoms with Gasteiger partial charge in [-0.3, -0.25) is 0 Å². The second-order valence-electron chi connectivity index (χ2n) is 1.89. The van der Waals surface area contributed by atoms with E-state index in [1.54, 1.807) is 18.2 Å². The van der Waals surface area contributed by atoms with Crippen LogP contribution in [0.3, 0.4) is 0 Å². The van der Waals surface area contributed by atoms with Gasteiger partial charge in [-0.05, 0) is 12.1 Å². The fourth-order valence-corrected chi connectivity index (χ4v) is 1.02. The first-order chi connectivity index (χ1) is 5.29. The van der Waals surface area contributed by atoms with Crippen LogP contribution < -0.4 is 15.5 Å². The summed E-state index contributed by atoms with van der Waals surface area (Å²) in [6.07, 6.45) is 0. The first kappa shape index (κ1) is 8.17. The van der Waals surface area contributed by atoms with Gasteiger partial charge in [0.05, 0.1) is 12.1 Å². The van der Waals surface area contributed by atoms with Crippen molar-refractivity contribution in [3.8, 4) is 11.5 Å². The van der Waals surface area contributed by atoms with Crippen LogP contribution in [0.25, 0.3) is 0 Å². The van der Waals surface area contributed by atoms with Crippen molar-refractivity contribution in [2.45, 2.75) is 0 Å². The third-order valence-corrected chi connectivity index (χ3v) is 1.56. The Morgan fingerprint density at radius 3 is 2.64 bits per heavy atom. The summed E-state index contributed by atoms with van der Waals surface area (Å²) in [7, 11) is 1.50. The molecular formula is C7H8ClNO2. The molecule has 0 saturated carbocycles. The van der Waals surface area contributed by atoms with Gasteiger partial charge in [0.2, 0.25) is 0 Å². The number of para-hydroxylation sites is 1. The minimum absolute atomic E-state index is 0.431. The highest BCUT2D eigenvalue weighted by molar-refractivity contribution is 6.32. The fourth-order valence-electron chi connectivity index (χ4n) is 0.780. The average molecular weight is 174 g/mol. The van der Waals surface area contributed by atoms with E-state index in [-0.39, 0.29) is 0 Å². The number of benzene rings is 1. The van der Waals surface area contributed by atoms with Crippen molar-refractivity contribution in [3.05, 3.63) is 23.2 Å². The number of nitrogens with two attached hydrogens (primary N) is 1. The Kier molecular flexibility index (Phi) is 2.57. The van der Waals surface area contributed by atoms with Gasteiger partial charge >= 0.3 is 0 Å². The molecule has 0 saturated heterocycles. The van der Waals surface area contributed by atoms with Crippen LogP contribution in [0.4, 0.5) is 0 Å². The first-order valence-electron chi connectivity index (χ1n) is 2.99. The largest absolute Gasteiger partial charge is 0.491 e. The molecule has 1 aromatic rings. The summed E-state index contributed by atoms with van der Waals surface area (Å²) in [6, 6.07) is 5.10. The maximum atomic E-state index is 5.75. The Morgan fingerprint density at radius 1 is 1.45 bits per heavy atom. The lowest BCUT2D eigenvalue weighted by atomic mass is 10.3. The van der Waals surface area contributed by atoms with Gasteiger partial charge in [-0.15, -0.1) is 0 Å². The maximum Gasteiger partial charge on any atom is 0.190 e. The Morgan fingerprint density at radius 2 is 2.18 bits per heavy atom. The molecule has 0 amide bonds. The molecule has 0 heterocycles. The molecule has 2 N–H and O–H groups in total. The van der Waals surface area contributed by atoms with Crippen molar-refractivity contribution in [3.63, 3.8) is 0 Å². The van der Waals surface area contributed by atoms with Crippen molar-refractivity contribution < 1.29 is 9.57 Å². The number of halogens is 1. The van der Waals surface area contributed by atoms with Crippen molar-refractivity contribution in [2.24, 2.45) is 5.90 Å². The van der Waals surface area contributed by atoms with Crippen molar-refractivity contribution in [1.82, 2.24) is 0 Å². The van der Waals surface area contributed by atoms with Crippen LogP contribution in [0.2, 0.25) is 5.02 Å². The zero-order chi connectivity index (χ0) is 8.27. The molecule has 0 spiro atoms. The summed E-state index contributed by atoms with van der Waals surface area (Å²) in [4.78, 5) is 4.51. The standard InChI is InChI=1S/C7H8ClNO2/c1-10-7-5(8)3-2-4-6(7)11-9/h2-4H,9H2,1H3. The summed E-state index contributed by atoms with van der Waals surface area (Å²) in [5.41, 5.74) is 0. The van der Waals surface area contributed by atoms with Gasteiger partial charge in [0, 0.05) is 0 Å². The lowest BCUT2D eigenvalue weighted by Crippen LogP contribution is -2.03. The lowest BCUT2D eigenvalue weighted by molar-refractivity contribution is 0.306. The Hall–Kier alpha value is -0.930. The number of hydrogen-bond donors (Lipinski definition) is 1. The van der Waals surface area contributed by atoms with Crippen molar-refractivity contribution in [1.29, 1.82) is 0 Å². The second kappa shape index (κ2) is 3.46. The Balaban J connectivity index is 3.13. The first-order valence-corrected chi connectivity index (χ1v) is 3.36. The maximum absolute atomic E-state index is 5.75. The number of methoxy groups -OCH3 is 1. The van der Waals surface area contributed by atoms with Crippen LogP contribution in [0, 0.1) is 0 Å². The van der Waals surface area contributed by atoms with E-state index in [0.29, 0.717) is 16.5 Å². The lowest BCUT2D eigenvalue weighted by Gasteiger charge is -2.06. The fraction of sp³-hybridized carbons (Fsp3) is 0.143. The highest BCUT2D eigenvalue weighted by atomic mass is 35.5. The molecular weight excluding hydrogens is 166 g/mol. The monoisotopic (exact) mass is 173 g/mol. The van der Waals surface area contributed by atoms with E-state index in [9.17, 15) is 0 Å². The van der Waals surface area contributed by atoms with Gasteiger partial charge in [0.15, 0.2) is 11.5 Å². The molecule has 60 valence electrons. The van der Waals surface area contributed by atoms with E-state index in [0.717, 1.165) is 0 Å². The van der Waals surface area contributed by atoms with Gasteiger partial charge in [-0.25, -0.2) is 0 Å². The Bertz CT molecular complexity index is 252. The molecule has 0 fully saturated rings. The van der Waals surface area contributed by atoms with Crippen LogP contribution >= 0.6 is 11.6 Å². The summed E-state index contributed by atoms with van der Waals surface area (Å²) in [6.45, 7) is 0. The SMILES string of the molecule is COc1c(Cl)cccc1ON. The molecule has 0 bridgehead atoms. The quantitative estimate of drug-likeness (QED) is 0.691. The third-order valence-electron chi connectivity index (χ3n) is 1.26. The zero-order valence-electron chi connectivity index (χ0n) is 6.00. The Labute approximate surface area is 69.6 Å². The van der Waals surface area contributed by atoms with Gasteiger partial charge in [-0.2, -0.15) is 5.90 Å². The highest BCUT2D eigenvalue weighted by Gasteiger charge is 2.06. The van der Waals surface area contributed by atoms with Gasteiger partial charge in [0.1, 0.15) is 0 Å². The molecule has 0 aromatic heterocycles. The minimum atomic E-state index is 0.431. The smallest absolute Gasteiger partial charge is 0.190 e. The molecule has 1 rings (SSSR count). The summed E-state index contributed by atoms with van der Waals surface area (Å²) in [5, 5.41) is 0.482. The van der Waals surface area contributed by atoms with Crippen LogP contribution in [-0.2, 0) is 0 Å². The molecule has 0 aliphatic heterocycles. The average Bonchev–Trinajstić information content (AvgIpc) is 2.04. The zero-order valence-corrected chi connectivity index (χ0v) is 6.76. The van der Waals surface area contributed by atoms with E-state index in [2.05, 4.69) is 4.84 Å². The van der Waals surface area contributed by atoms with E-state index in [1.165, 1.54) is 7.11 Å². The number of rotatable bonds is 2. The van der Waals surface area contributed by atoms with Gasteiger partial charge in [-0.1, -0.05) is 17.7 Å². The van der Waals surface area contributed by atoms with Crippen LogP contribution in [-0.4, -0.2) is 7.11 Å². The van der Waals surface area contributed by atoms with Gasteiger partial charge < -0.3 is 9.57 Å². The predicted molar refractivity (Wildman–Crippen MR) is 42.8 cm³/mol. The highest BCUT2D eigenvalue weighted by Crippen LogP contribution is 2.33. The molecule has 3 nitrogen and oxygen atoms in total. The van der Waals surface area contributed by atoms with Gasteiger partial charge in [0.25, 0.3) is 0 Å². The second-order valence-corrected chi connectivity index (χ2v) is 2.30. The van der Waals surface area contributed by atoms with Crippen molar-refractivity contribution in [2.75, 3.05) is 7.11 Å². The molecule has 1 aromatic carbocycles. The van der Waals surface area contributed by atoms with E-state index in [4.69, 9.17) is 22.2 Å². The van der Waals surface area contributed by atoms with E-state index >= 15 is 0 Å². The summed E-state index contributed by atoms with van der Waals surface area (Å²) >= 11 is 5.75. The van der Waals surface area contributed by atoms with Crippen LogP contribution in [0.5, 0.6) is 11.5 Å². The number of ether oxygens (including phenoxy) is 1. The molecule has 4 heteroatoms. The molecule has 0 atom stereocenters. The molecule has 0 unspecified atom stereocenters. The normalized spacial score (nSPS) is 9.36. The van der Waals surface area contributed by atoms with Crippen LogP contribution in [0.1, 0.15) is 0 Å². The molecule has 0 aliphatic carbocycles. The van der Waals surface area contributed by atoms with E-state index < -0.39 is 0 Å². The molecule has 0 radical (unpaired) electrons. The predicted octanol–water partition coefficient (Wildman–Crippen LogP) is 1.60. The summed E-state index contributed by atoms with van der Waals surface area (Å²) < 4.78 is 4.93. The third kappa shape index (κ3) is 1.56. The van der Waals surface area contributed by atoms with Crippen molar-refractivity contribution >= 4 is 11.6 Å². The van der Waals surface area contributed by atoms with E-state index in [1.807, 2.05) is 0 Å².